The quantitative estimate of drug-likeness (QED) is 0.381. The lowest BCUT2D eigenvalue weighted by Crippen LogP contribution is -2.30. The summed E-state index contributed by atoms with van der Waals surface area (Å²) in [6, 6.07) is 23.2. The molecule has 5 rings (SSSR count). The lowest BCUT2D eigenvalue weighted by Gasteiger charge is -2.18. The van der Waals surface area contributed by atoms with E-state index in [2.05, 4.69) is 41.5 Å². The van der Waals surface area contributed by atoms with E-state index in [1.54, 1.807) is 12.1 Å². The summed E-state index contributed by atoms with van der Waals surface area (Å²) in [5.74, 6) is 0.713. The van der Waals surface area contributed by atoms with E-state index < -0.39 is 0 Å². The molecule has 0 saturated carbocycles. The Kier molecular flexibility index (Phi) is 6.86. The minimum absolute atomic E-state index is 0.0411. The van der Waals surface area contributed by atoms with Gasteiger partial charge in [-0.2, -0.15) is 0 Å². The number of hydrogen-bond acceptors (Lipinski definition) is 5. The molecular weight excluding hydrogens is 470 g/mol. The van der Waals surface area contributed by atoms with Crippen LogP contribution in [0, 0.1) is 13.8 Å². The number of nitrogens with one attached hydrogen (secondary N) is 1. The zero-order valence-electron chi connectivity index (χ0n) is 20.3. The Hall–Kier alpha value is -3.91. The molecule has 2 amide bonds. The highest BCUT2D eigenvalue weighted by molar-refractivity contribution is 7.99. The molecule has 0 aliphatic carbocycles. The normalized spacial score (nSPS) is 12.4. The average molecular weight is 498 g/mol. The van der Waals surface area contributed by atoms with Crippen LogP contribution in [0.4, 0.5) is 5.69 Å². The van der Waals surface area contributed by atoms with E-state index in [9.17, 15) is 9.59 Å². The maximum absolute atomic E-state index is 13.1. The van der Waals surface area contributed by atoms with Crippen molar-refractivity contribution < 1.29 is 9.59 Å². The fourth-order valence-corrected chi connectivity index (χ4v) is 5.22. The molecule has 3 aromatic carbocycles. The summed E-state index contributed by atoms with van der Waals surface area (Å²) in [4.78, 5) is 27.6. The highest BCUT2D eigenvalue weighted by atomic mass is 32.2. The SMILES string of the molecule is Cc1cccc(-n2c(CNC(=O)c3ccccc3)nnc2SCC(=O)N2CCc3ccccc32)c1C. The van der Waals surface area contributed by atoms with Crippen LogP contribution in [0.3, 0.4) is 0 Å². The summed E-state index contributed by atoms with van der Waals surface area (Å²) in [6.07, 6.45) is 0.872. The molecule has 0 bridgehead atoms. The molecule has 1 aromatic heterocycles. The number of anilines is 1. The predicted octanol–water partition coefficient (Wildman–Crippen LogP) is 4.50. The van der Waals surface area contributed by atoms with Gasteiger partial charge in [0.1, 0.15) is 0 Å². The van der Waals surface area contributed by atoms with Crippen molar-refractivity contribution in [3.8, 4) is 5.69 Å². The van der Waals surface area contributed by atoms with Gasteiger partial charge < -0.3 is 10.2 Å². The number of fused-ring (bicyclic) bond motifs is 1. The van der Waals surface area contributed by atoms with E-state index >= 15 is 0 Å². The molecule has 4 aromatic rings. The summed E-state index contributed by atoms with van der Waals surface area (Å²) in [7, 11) is 0. The molecule has 1 aliphatic heterocycles. The Morgan fingerprint density at radius 3 is 2.50 bits per heavy atom. The van der Waals surface area contributed by atoms with E-state index in [0.717, 1.165) is 28.9 Å². The van der Waals surface area contributed by atoms with Crippen molar-refractivity contribution in [2.45, 2.75) is 32.0 Å². The third-order valence-corrected chi connectivity index (χ3v) is 7.39. The maximum Gasteiger partial charge on any atom is 0.251 e. The van der Waals surface area contributed by atoms with Crippen molar-refractivity contribution in [1.82, 2.24) is 20.1 Å². The fourth-order valence-electron chi connectivity index (χ4n) is 4.38. The number of hydrogen-bond donors (Lipinski definition) is 1. The molecule has 0 unspecified atom stereocenters. The van der Waals surface area contributed by atoms with Crippen molar-refractivity contribution in [3.05, 3.63) is 101 Å². The van der Waals surface area contributed by atoms with Gasteiger partial charge in [-0.15, -0.1) is 10.2 Å². The number of thioether (sulfide) groups is 1. The number of benzene rings is 3. The third-order valence-electron chi connectivity index (χ3n) is 6.47. The molecule has 0 atom stereocenters. The van der Waals surface area contributed by atoms with Gasteiger partial charge in [0, 0.05) is 17.8 Å². The molecule has 1 aliphatic rings. The summed E-state index contributed by atoms with van der Waals surface area (Å²) in [5.41, 5.74) is 5.94. The Balaban J connectivity index is 1.38. The van der Waals surface area contributed by atoms with Gasteiger partial charge >= 0.3 is 0 Å². The minimum atomic E-state index is -0.178. The van der Waals surface area contributed by atoms with Crippen LogP contribution in [0.15, 0.2) is 78.0 Å². The lowest BCUT2D eigenvalue weighted by atomic mass is 10.1. The van der Waals surface area contributed by atoms with Gasteiger partial charge in [-0.3, -0.25) is 14.2 Å². The van der Waals surface area contributed by atoms with Gasteiger partial charge in [0.05, 0.1) is 18.0 Å². The molecule has 0 spiro atoms. The molecule has 7 nitrogen and oxygen atoms in total. The number of para-hydroxylation sites is 1. The maximum atomic E-state index is 13.1. The summed E-state index contributed by atoms with van der Waals surface area (Å²) in [6.45, 7) is 5.01. The Morgan fingerprint density at radius 1 is 0.917 bits per heavy atom. The second-order valence-corrected chi connectivity index (χ2v) is 9.66. The van der Waals surface area contributed by atoms with Crippen molar-refractivity contribution in [1.29, 1.82) is 0 Å². The van der Waals surface area contributed by atoms with Crippen molar-refractivity contribution in [2.75, 3.05) is 17.2 Å². The van der Waals surface area contributed by atoms with Crippen LogP contribution in [-0.4, -0.2) is 38.9 Å². The van der Waals surface area contributed by atoms with Crippen LogP contribution < -0.4 is 10.2 Å². The zero-order chi connectivity index (χ0) is 25.1. The largest absolute Gasteiger partial charge is 0.345 e. The molecule has 0 fully saturated rings. The van der Waals surface area contributed by atoms with Crippen LogP contribution in [-0.2, 0) is 17.8 Å². The van der Waals surface area contributed by atoms with Crippen molar-refractivity contribution in [3.63, 3.8) is 0 Å². The highest BCUT2D eigenvalue weighted by Crippen LogP contribution is 2.30. The first-order valence-electron chi connectivity index (χ1n) is 11.9. The summed E-state index contributed by atoms with van der Waals surface area (Å²) >= 11 is 1.36. The first-order chi connectivity index (χ1) is 17.5. The number of carbonyl (C=O) groups is 2. The number of amides is 2. The van der Waals surface area contributed by atoms with E-state index in [4.69, 9.17) is 0 Å². The van der Waals surface area contributed by atoms with Gasteiger partial charge in [-0.1, -0.05) is 60.3 Å². The van der Waals surface area contributed by atoms with Gasteiger partial charge in [-0.05, 0) is 61.2 Å². The van der Waals surface area contributed by atoms with Gasteiger partial charge in [0.2, 0.25) is 5.91 Å². The number of carbonyl (C=O) groups excluding carboxylic acids is 2. The van der Waals surface area contributed by atoms with Gasteiger partial charge in [0.15, 0.2) is 11.0 Å². The molecule has 1 N–H and O–H groups in total. The van der Waals surface area contributed by atoms with Crippen LogP contribution >= 0.6 is 11.8 Å². The first kappa shape index (κ1) is 23.8. The van der Waals surface area contributed by atoms with Crippen LogP contribution in [0.2, 0.25) is 0 Å². The van der Waals surface area contributed by atoms with E-state index in [0.29, 0.717) is 23.1 Å². The van der Waals surface area contributed by atoms with Crippen LogP contribution in [0.25, 0.3) is 5.69 Å². The number of nitrogens with zero attached hydrogens (tertiary/aromatic N) is 4. The summed E-state index contributed by atoms with van der Waals surface area (Å²) < 4.78 is 1.95. The molecule has 0 radical (unpaired) electrons. The predicted molar refractivity (Wildman–Crippen MR) is 142 cm³/mol. The number of aromatic nitrogens is 3. The van der Waals surface area contributed by atoms with Crippen molar-refractivity contribution in [2.24, 2.45) is 0 Å². The molecule has 2 heterocycles. The highest BCUT2D eigenvalue weighted by Gasteiger charge is 2.25. The Bertz CT molecular complexity index is 1420. The van der Waals surface area contributed by atoms with Crippen molar-refractivity contribution >= 4 is 29.3 Å². The molecule has 8 heteroatoms. The van der Waals surface area contributed by atoms with E-state index in [1.807, 2.05) is 58.0 Å². The number of rotatable bonds is 7. The third kappa shape index (κ3) is 4.77. The smallest absolute Gasteiger partial charge is 0.251 e. The molecule has 182 valence electrons. The van der Waals surface area contributed by atoms with E-state index in [-0.39, 0.29) is 24.1 Å². The monoisotopic (exact) mass is 497 g/mol. The Labute approximate surface area is 214 Å². The topological polar surface area (TPSA) is 80.1 Å². The van der Waals surface area contributed by atoms with Crippen LogP contribution in [0.1, 0.15) is 32.9 Å². The second-order valence-electron chi connectivity index (χ2n) is 8.71. The number of aryl methyl sites for hydroxylation is 1. The average Bonchev–Trinajstić information content (AvgIpc) is 3.52. The zero-order valence-corrected chi connectivity index (χ0v) is 21.1. The van der Waals surface area contributed by atoms with Crippen LogP contribution in [0.5, 0.6) is 0 Å². The summed E-state index contributed by atoms with van der Waals surface area (Å²) in [5, 5.41) is 12.4. The molecule has 36 heavy (non-hydrogen) atoms. The molecular formula is C28H27N5O2S. The fraction of sp³-hybridized carbons (Fsp3) is 0.214. The Morgan fingerprint density at radius 2 is 1.67 bits per heavy atom. The lowest BCUT2D eigenvalue weighted by molar-refractivity contribution is -0.116. The standard InChI is InChI=1S/C28H27N5O2S/c1-19-9-8-14-23(20(19)2)33-25(17-29-27(35)22-11-4-3-5-12-22)30-31-28(33)36-18-26(34)32-16-15-21-10-6-7-13-24(21)32/h3-14H,15-18H2,1-2H3,(H,29,35). The van der Waals surface area contributed by atoms with Gasteiger partial charge in [0.25, 0.3) is 5.91 Å². The van der Waals surface area contributed by atoms with Gasteiger partial charge in [-0.25, -0.2) is 0 Å². The van der Waals surface area contributed by atoms with E-state index in [1.165, 1.54) is 17.3 Å². The second kappa shape index (κ2) is 10.4. The first-order valence-corrected chi connectivity index (χ1v) is 12.9. The minimum Gasteiger partial charge on any atom is -0.345 e. The molecule has 0 saturated heterocycles.